The first kappa shape index (κ1) is 971. The smallest absolute Gasteiger partial charge is 0 e. The largest absolute Gasteiger partial charge is 0.412 e. The number of rotatable bonds is 0. The van der Waals surface area contributed by atoms with Crippen LogP contribution in [0.4, 0.5) is 0 Å². The van der Waals surface area contributed by atoms with E-state index in [0.717, 1.165) is 0 Å². The van der Waals surface area contributed by atoms with Crippen molar-refractivity contribution in [1.29, 1.82) is 0 Å². The molecule has 0 heterocycles. The third kappa shape index (κ3) is 411. The van der Waals surface area contributed by atoms with Crippen LogP contribution >= 0.6 is 17.0 Å². The monoisotopic (exact) mass is 246 g/mol. The minimum absolute atomic E-state index is 0. The Morgan fingerprint density at radius 2 is 0.375 bits per heavy atom. The zero-order chi connectivity index (χ0) is 0. The van der Waals surface area contributed by atoms with Crippen LogP contribution in [-0.4, -0.2) is 32.9 Å². The molecular weight excluding hydrogens is 235 g/mol. The molecule has 0 aromatic carbocycles. The Labute approximate surface area is 66.8 Å². The van der Waals surface area contributed by atoms with Crippen LogP contribution in [0.2, 0.25) is 0 Å². The summed E-state index contributed by atoms with van der Waals surface area (Å²) in [5.74, 6) is 0. The number of halogens is 1. The Kier molecular flexibility index (Phi) is 79100. The van der Waals surface area contributed by atoms with Gasteiger partial charge in [-0.1, -0.05) is 0 Å². The summed E-state index contributed by atoms with van der Waals surface area (Å²) in [5.41, 5.74) is 0. The maximum absolute atomic E-state index is 0. The van der Waals surface area contributed by atoms with Crippen LogP contribution in [0.15, 0.2) is 0 Å². The van der Waals surface area contributed by atoms with Crippen molar-refractivity contribution in [3.63, 3.8) is 0 Å². The SMILES string of the molecule is Br.O.O.O.O.O.O.[Ni]. The first-order valence-corrected chi connectivity index (χ1v) is 0. The Hall–Kier alpha value is 0.734. The molecule has 0 amide bonds. The molecule has 12 N–H and O–H groups in total. The number of hydrogen-bond donors (Lipinski definition) is 0. The average Bonchev–Trinajstić information content (AvgIpc) is 0. The van der Waals surface area contributed by atoms with Crippen molar-refractivity contribution in [3.8, 4) is 0 Å². The van der Waals surface area contributed by atoms with E-state index < -0.39 is 0 Å². The summed E-state index contributed by atoms with van der Waals surface area (Å²) in [4.78, 5) is 0. The fraction of sp³-hybridized carbons (Fsp3) is 0. The molecule has 0 unspecified atom stereocenters. The zero-order valence-corrected chi connectivity index (χ0v) is 6.43. The number of hydrogen-bond acceptors (Lipinski definition) is 0. The van der Waals surface area contributed by atoms with E-state index in [1.807, 2.05) is 0 Å². The van der Waals surface area contributed by atoms with Crippen molar-refractivity contribution in [2.75, 3.05) is 0 Å². The van der Waals surface area contributed by atoms with E-state index in [0.29, 0.717) is 0 Å². The molecule has 66 valence electrons. The standard InChI is InChI=1S/BrH.Ni.6H2O/h1H;;6*1H2. The molecule has 0 saturated carbocycles. The minimum Gasteiger partial charge on any atom is -0.412 e. The fourth-order valence-corrected chi connectivity index (χ4v) is 0. The van der Waals surface area contributed by atoms with Gasteiger partial charge in [-0.05, 0) is 0 Å². The zero-order valence-electron chi connectivity index (χ0n) is 3.72. The molecule has 8 heavy (non-hydrogen) atoms. The molecule has 0 saturated heterocycles. The van der Waals surface area contributed by atoms with Crippen molar-refractivity contribution in [3.05, 3.63) is 0 Å². The molecule has 6 nitrogen and oxygen atoms in total. The third-order valence-electron chi connectivity index (χ3n) is 0. The van der Waals surface area contributed by atoms with Crippen LogP contribution in [0, 0.1) is 0 Å². The summed E-state index contributed by atoms with van der Waals surface area (Å²) in [6.45, 7) is 0. The Morgan fingerprint density at radius 1 is 0.375 bits per heavy atom. The molecule has 0 aliphatic carbocycles. The first-order valence-electron chi connectivity index (χ1n) is 0. The van der Waals surface area contributed by atoms with Gasteiger partial charge in [0, 0.05) is 16.5 Å². The molecule has 0 rings (SSSR count). The summed E-state index contributed by atoms with van der Waals surface area (Å²) in [5, 5.41) is 0. The van der Waals surface area contributed by atoms with Gasteiger partial charge in [-0.15, -0.1) is 17.0 Å². The van der Waals surface area contributed by atoms with Crippen molar-refractivity contribution >= 4 is 17.0 Å². The normalized spacial score (nSPS) is 0. The molecular formula is H13BrNiO6. The van der Waals surface area contributed by atoms with E-state index in [4.69, 9.17) is 0 Å². The van der Waals surface area contributed by atoms with Crippen molar-refractivity contribution in [2.45, 2.75) is 0 Å². The van der Waals surface area contributed by atoms with Gasteiger partial charge in [0.05, 0.1) is 0 Å². The van der Waals surface area contributed by atoms with E-state index in [2.05, 4.69) is 0 Å². The van der Waals surface area contributed by atoms with Gasteiger partial charge in [0.25, 0.3) is 0 Å². The van der Waals surface area contributed by atoms with Gasteiger partial charge in [-0.3, -0.25) is 0 Å². The van der Waals surface area contributed by atoms with Crippen LogP contribution < -0.4 is 0 Å². The molecule has 0 aliphatic heterocycles. The predicted molar refractivity (Wildman–Crippen MR) is 32.0 cm³/mol. The molecule has 0 bridgehead atoms. The molecule has 0 fully saturated rings. The molecule has 0 aliphatic rings. The second kappa shape index (κ2) is 652. The maximum Gasteiger partial charge on any atom is 0 e. The third-order valence-corrected chi connectivity index (χ3v) is 0. The van der Waals surface area contributed by atoms with E-state index in [1.165, 1.54) is 0 Å². The first-order chi connectivity index (χ1) is 0. The van der Waals surface area contributed by atoms with E-state index >= 15 is 0 Å². The van der Waals surface area contributed by atoms with Crippen LogP contribution in [-0.2, 0) is 16.5 Å². The minimum atomic E-state index is 0. The van der Waals surface area contributed by atoms with Crippen LogP contribution in [0.5, 0.6) is 0 Å². The molecule has 0 atom stereocenters. The summed E-state index contributed by atoms with van der Waals surface area (Å²) in [6.07, 6.45) is 0. The average molecular weight is 248 g/mol. The summed E-state index contributed by atoms with van der Waals surface area (Å²) in [7, 11) is 0. The van der Waals surface area contributed by atoms with Crippen molar-refractivity contribution in [2.24, 2.45) is 0 Å². The van der Waals surface area contributed by atoms with Crippen molar-refractivity contribution in [1.82, 2.24) is 0 Å². The quantitative estimate of drug-likeness (QED) is 0.374. The molecule has 0 spiro atoms. The Balaban J connectivity index is 0. The summed E-state index contributed by atoms with van der Waals surface area (Å²) in [6, 6.07) is 0. The van der Waals surface area contributed by atoms with E-state index in [9.17, 15) is 0 Å². The van der Waals surface area contributed by atoms with Gasteiger partial charge in [-0.2, -0.15) is 0 Å². The van der Waals surface area contributed by atoms with Gasteiger partial charge in [-0.25, -0.2) is 0 Å². The topological polar surface area (TPSA) is 189 Å². The van der Waals surface area contributed by atoms with Gasteiger partial charge < -0.3 is 32.9 Å². The summed E-state index contributed by atoms with van der Waals surface area (Å²) < 4.78 is 0. The molecule has 8 heteroatoms. The van der Waals surface area contributed by atoms with Crippen molar-refractivity contribution < 1.29 is 49.3 Å². The Morgan fingerprint density at radius 3 is 0.375 bits per heavy atom. The van der Waals surface area contributed by atoms with E-state index in [-0.39, 0.29) is 66.3 Å². The molecule has 0 radical (unpaired) electrons. The van der Waals surface area contributed by atoms with Gasteiger partial charge in [0.15, 0.2) is 0 Å². The summed E-state index contributed by atoms with van der Waals surface area (Å²) >= 11 is 0. The molecule has 0 aromatic rings. The van der Waals surface area contributed by atoms with Crippen LogP contribution in [0.3, 0.4) is 0 Å². The van der Waals surface area contributed by atoms with Gasteiger partial charge in [0.1, 0.15) is 0 Å². The van der Waals surface area contributed by atoms with Gasteiger partial charge >= 0.3 is 0 Å². The van der Waals surface area contributed by atoms with Gasteiger partial charge in [0.2, 0.25) is 0 Å². The predicted octanol–water partition coefficient (Wildman–Crippen LogP) is -4.37. The maximum atomic E-state index is 0. The van der Waals surface area contributed by atoms with E-state index in [1.54, 1.807) is 0 Å². The Bertz CT molecular complexity index is 8.49. The second-order valence-corrected chi connectivity index (χ2v) is 0. The second-order valence-electron chi connectivity index (χ2n) is 0. The van der Waals surface area contributed by atoms with Crippen LogP contribution in [0.25, 0.3) is 0 Å². The van der Waals surface area contributed by atoms with Crippen LogP contribution in [0.1, 0.15) is 0 Å². The fourth-order valence-electron chi connectivity index (χ4n) is 0. The molecule has 0 aromatic heterocycles.